The Labute approximate surface area is 347 Å². The summed E-state index contributed by atoms with van der Waals surface area (Å²) in [6.07, 6.45) is 11.5. The molecule has 3 aromatic heterocycles. The molecular weight excluding hydrogens is 766 g/mol. The van der Waals surface area contributed by atoms with Crippen molar-refractivity contribution in [2.75, 3.05) is 66.3 Å². The molecule has 4 fully saturated rings. The summed E-state index contributed by atoms with van der Waals surface area (Å²) in [6, 6.07) is 18.5. The predicted octanol–water partition coefficient (Wildman–Crippen LogP) is 6.40. The highest BCUT2D eigenvalue weighted by Gasteiger charge is 2.38. The average Bonchev–Trinajstić information content (AvgIpc) is 3.78. The van der Waals surface area contributed by atoms with Crippen molar-refractivity contribution in [2.24, 2.45) is 5.41 Å². The van der Waals surface area contributed by atoms with Gasteiger partial charge in [0.2, 0.25) is 5.91 Å². The quantitative estimate of drug-likeness (QED) is 0.153. The smallest absolute Gasteiger partial charge is 0.328 e. The molecule has 14 nitrogen and oxygen atoms in total. The summed E-state index contributed by atoms with van der Waals surface area (Å²) in [5.41, 5.74) is 9.62. The Morgan fingerprint density at radius 2 is 1.68 bits per heavy atom. The number of fused-ring (bicyclic) bond motifs is 2. The highest BCUT2D eigenvalue weighted by molar-refractivity contribution is 6.34. The van der Waals surface area contributed by atoms with Crippen molar-refractivity contribution in [1.29, 1.82) is 0 Å². The number of hydrogen-bond acceptors (Lipinski definition) is 10. The van der Waals surface area contributed by atoms with Gasteiger partial charge >= 0.3 is 6.03 Å². The summed E-state index contributed by atoms with van der Waals surface area (Å²) < 4.78 is 1.66. The number of urea groups is 1. The van der Waals surface area contributed by atoms with Crippen LogP contribution >= 0.6 is 11.6 Å². The molecule has 0 unspecified atom stereocenters. The second kappa shape index (κ2) is 15.1. The van der Waals surface area contributed by atoms with E-state index >= 15 is 0 Å². The molecule has 4 aliphatic heterocycles. The number of amides is 4. The molecule has 4 amide bonds. The van der Waals surface area contributed by atoms with E-state index in [1.807, 2.05) is 37.5 Å². The summed E-state index contributed by atoms with van der Waals surface area (Å²) in [5.74, 6) is 0.357. The zero-order chi connectivity index (χ0) is 40.3. The van der Waals surface area contributed by atoms with E-state index in [2.05, 4.69) is 66.0 Å². The Hall–Kier alpha value is -5.73. The van der Waals surface area contributed by atoms with Crippen LogP contribution in [0.2, 0.25) is 5.02 Å². The van der Waals surface area contributed by atoms with E-state index in [1.54, 1.807) is 10.7 Å². The number of imide groups is 1. The van der Waals surface area contributed by atoms with Crippen LogP contribution in [0.15, 0.2) is 67.0 Å². The van der Waals surface area contributed by atoms with E-state index in [9.17, 15) is 14.4 Å². The minimum absolute atomic E-state index is 0.147. The molecule has 0 atom stereocenters. The first kappa shape index (κ1) is 37.5. The van der Waals surface area contributed by atoms with Gasteiger partial charge in [-0.3, -0.25) is 29.7 Å². The van der Waals surface area contributed by atoms with Crippen LogP contribution in [0, 0.1) is 5.41 Å². The molecule has 1 spiro atoms. The van der Waals surface area contributed by atoms with Crippen molar-refractivity contribution in [3.63, 3.8) is 0 Å². The number of carbonyl (C=O) groups excluding carboxylic acids is 3. The monoisotopic (exact) mass is 813 g/mol. The molecule has 5 aliphatic rings. The number of anilines is 5. The lowest BCUT2D eigenvalue weighted by Crippen LogP contribution is -2.49. The maximum Gasteiger partial charge on any atom is 0.328 e. The molecule has 7 heterocycles. The number of nitrogens with zero attached hydrogens (tertiary/aromatic N) is 8. The van der Waals surface area contributed by atoms with Crippen LogP contribution in [0.4, 0.5) is 33.4 Å². The minimum atomic E-state index is -0.422. The number of hydrogen-bond donors (Lipinski definition) is 3. The number of imidazole rings is 1. The number of carbonyl (C=O) groups is 3. The molecule has 1 saturated carbocycles. The molecule has 3 saturated heterocycles. The van der Waals surface area contributed by atoms with Crippen LogP contribution in [0.1, 0.15) is 66.6 Å². The van der Waals surface area contributed by atoms with Gasteiger partial charge in [-0.25, -0.2) is 14.3 Å². The van der Waals surface area contributed by atoms with Gasteiger partial charge < -0.3 is 20.4 Å². The Balaban J connectivity index is 0.762. The van der Waals surface area contributed by atoms with Crippen LogP contribution in [0.3, 0.4) is 0 Å². The Bertz CT molecular complexity index is 2450. The third-order valence-corrected chi connectivity index (χ3v) is 13.4. The van der Waals surface area contributed by atoms with Gasteiger partial charge in [0, 0.05) is 81.4 Å². The highest BCUT2D eigenvalue weighted by atomic mass is 35.5. The van der Waals surface area contributed by atoms with Crippen LogP contribution in [0.25, 0.3) is 16.9 Å². The van der Waals surface area contributed by atoms with Gasteiger partial charge in [-0.05, 0) is 105 Å². The Morgan fingerprint density at radius 1 is 0.881 bits per heavy atom. The number of likely N-dealkylation sites (tertiary alicyclic amines) is 1. The van der Waals surface area contributed by atoms with E-state index in [1.165, 1.54) is 28.9 Å². The summed E-state index contributed by atoms with van der Waals surface area (Å²) >= 11 is 6.68. The third-order valence-electron chi connectivity index (χ3n) is 13.1. The van der Waals surface area contributed by atoms with Gasteiger partial charge in [-0.15, -0.1) is 5.10 Å². The van der Waals surface area contributed by atoms with E-state index in [-0.39, 0.29) is 24.3 Å². The van der Waals surface area contributed by atoms with Crippen LogP contribution in [0.5, 0.6) is 0 Å². The number of benzene rings is 2. The number of rotatable bonds is 9. The largest absolute Gasteiger partial charge is 0.385 e. The maximum atomic E-state index is 13.0. The van der Waals surface area contributed by atoms with Crippen LogP contribution in [-0.2, 0) is 17.8 Å². The van der Waals surface area contributed by atoms with Gasteiger partial charge in [0.05, 0.1) is 28.3 Å². The molecular formula is C44H48ClN11O3. The molecule has 59 heavy (non-hydrogen) atoms. The summed E-state index contributed by atoms with van der Waals surface area (Å²) in [7, 11) is 1.86. The van der Waals surface area contributed by atoms with Crippen molar-refractivity contribution in [2.45, 2.75) is 64.0 Å². The second-order valence-electron chi connectivity index (χ2n) is 16.7. The van der Waals surface area contributed by atoms with Gasteiger partial charge in [0.1, 0.15) is 0 Å². The molecule has 10 rings (SSSR count). The lowest BCUT2D eigenvalue weighted by Gasteiger charge is -2.47. The summed E-state index contributed by atoms with van der Waals surface area (Å²) in [6.45, 7) is 6.10. The molecule has 2 aromatic carbocycles. The molecule has 0 radical (unpaired) electrons. The van der Waals surface area contributed by atoms with Crippen molar-refractivity contribution in [3.8, 4) is 11.3 Å². The topological polar surface area (TPSA) is 143 Å². The second-order valence-corrected chi connectivity index (χ2v) is 17.1. The van der Waals surface area contributed by atoms with Gasteiger partial charge in [0.25, 0.3) is 5.91 Å². The Morgan fingerprint density at radius 3 is 2.41 bits per heavy atom. The maximum absolute atomic E-state index is 13.0. The zero-order valence-electron chi connectivity index (χ0n) is 33.2. The van der Waals surface area contributed by atoms with Gasteiger partial charge in [-0.2, -0.15) is 0 Å². The molecule has 5 aromatic rings. The van der Waals surface area contributed by atoms with Crippen molar-refractivity contribution < 1.29 is 14.4 Å². The van der Waals surface area contributed by atoms with Gasteiger partial charge in [0.15, 0.2) is 17.2 Å². The van der Waals surface area contributed by atoms with Crippen molar-refractivity contribution in [1.82, 2.24) is 35.1 Å². The fourth-order valence-corrected chi connectivity index (χ4v) is 9.67. The van der Waals surface area contributed by atoms with Crippen molar-refractivity contribution in [3.05, 3.63) is 88.8 Å². The lowest BCUT2D eigenvalue weighted by molar-refractivity contribution is -0.120. The minimum Gasteiger partial charge on any atom is -0.385 e. The number of piperidine rings is 2. The predicted molar refractivity (Wildman–Crippen MR) is 229 cm³/mol. The van der Waals surface area contributed by atoms with Gasteiger partial charge in [-0.1, -0.05) is 29.8 Å². The molecule has 1 aliphatic carbocycles. The normalized spacial score (nSPS) is 19.3. The zero-order valence-corrected chi connectivity index (χ0v) is 34.0. The lowest BCUT2D eigenvalue weighted by atomic mass is 9.71. The number of halogens is 1. The highest BCUT2D eigenvalue weighted by Crippen LogP contribution is 2.44. The van der Waals surface area contributed by atoms with Crippen LogP contribution in [-0.4, -0.2) is 94.7 Å². The fourth-order valence-electron chi connectivity index (χ4n) is 9.39. The first-order chi connectivity index (χ1) is 28.7. The summed E-state index contributed by atoms with van der Waals surface area (Å²) in [4.78, 5) is 55.3. The molecule has 3 N–H and O–H groups in total. The van der Waals surface area contributed by atoms with Crippen molar-refractivity contribution >= 4 is 63.7 Å². The standard InChI is InChI=1S/C44H48ClN11O3/c1-46-35-24-39(51-56-38(26-48-41(35)56)42(58)49-29-6-7-29)54-17-11-32-31(3-2-4-36(32)54)34-9-5-28(25-47-34)27-52-19-13-44(14-20-52)15-21-53(22-16-44)30-8-10-37(33(45)23-30)55-18-12-40(57)50-43(55)59/h2-5,8-10,23-26,29,46H,6-7,11-22,27H2,1H3,(H,49,58)(H,50,57,59). The first-order valence-electron chi connectivity index (χ1n) is 20.8. The first-order valence-corrected chi connectivity index (χ1v) is 21.2. The van der Waals surface area contributed by atoms with Crippen LogP contribution < -0.4 is 30.7 Å². The average molecular weight is 814 g/mol. The van der Waals surface area contributed by atoms with E-state index < -0.39 is 6.03 Å². The summed E-state index contributed by atoms with van der Waals surface area (Å²) in [5, 5.41) is 14.2. The van der Waals surface area contributed by atoms with E-state index in [4.69, 9.17) is 21.7 Å². The van der Waals surface area contributed by atoms with E-state index in [0.29, 0.717) is 34.0 Å². The number of pyridine rings is 1. The Kier molecular flexibility index (Phi) is 9.63. The molecule has 304 valence electrons. The van der Waals surface area contributed by atoms with E-state index in [0.717, 1.165) is 106 Å². The number of nitrogens with one attached hydrogen (secondary N) is 3. The third kappa shape index (κ3) is 7.22. The SMILES string of the molecule is CNc1cc(N2CCc3c(-c4ccc(CN5CCC6(CC5)CCN(c5ccc(N7CCC(=O)NC7=O)c(Cl)c5)CC6)cn4)cccc32)nn2c(C(=O)NC3CC3)cnc12. The fraction of sp³-hybridized carbons (Fsp3) is 0.409. The molecule has 0 bridgehead atoms. The molecule has 15 heteroatoms. The number of aromatic nitrogens is 4.